The third-order valence-electron chi connectivity index (χ3n) is 2.34. The second-order valence-electron chi connectivity index (χ2n) is 3.71. The molecule has 1 aliphatic rings. The Balaban J connectivity index is 2.35. The molecule has 0 bridgehead atoms. The van der Waals surface area contributed by atoms with Crippen molar-refractivity contribution in [2.75, 3.05) is 6.61 Å². The van der Waals surface area contributed by atoms with Gasteiger partial charge in [0.15, 0.2) is 0 Å². The second kappa shape index (κ2) is 6.07. The predicted molar refractivity (Wildman–Crippen MR) is 87.7 cm³/mol. The van der Waals surface area contributed by atoms with E-state index in [-0.39, 0.29) is 5.70 Å². The second-order valence-corrected chi connectivity index (χ2v) is 6.04. The monoisotopic (exact) mass is 484 g/mol. The number of halogens is 2. The maximum Gasteiger partial charge on any atom is 0.326 e. The number of ether oxygens (including phenoxy) is 1. The lowest BCUT2D eigenvalue weighted by atomic mass is 10.2. The molecular formula is C12H10I2N2O3. The van der Waals surface area contributed by atoms with Gasteiger partial charge in [-0.2, -0.15) is 0 Å². The summed E-state index contributed by atoms with van der Waals surface area (Å²) in [6.45, 7) is 2.53. The van der Waals surface area contributed by atoms with E-state index in [0.717, 1.165) is 18.5 Å². The van der Waals surface area contributed by atoms with Crippen LogP contribution in [0.2, 0.25) is 0 Å². The Morgan fingerprint density at radius 3 is 2.32 bits per heavy atom. The summed E-state index contributed by atoms with van der Waals surface area (Å²) in [4.78, 5) is 22.5. The molecule has 1 aliphatic heterocycles. The van der Waals surface area contributed by atoms with E-state index < -0.39 is 11.9 Å². The Labute approximate surface area is 137 Å². The van der Waals surface area contributed by atoms with Gasteiger partial charge in [0.1, 0.15) is 11.4 Å². The van der Waals surface area contributed by atoms with Crippen LogP contribution in [-0.2, 0) is 4.79 Å². The molecule has 0 aromatic heterocycles. The fourth-order valence-electron chi connectivity index (χ4n) is 1.59. The minimum absolute atomic E-state index is 0.251. The zero-order valence-corrected chi connectivity index (χ0v) is 14.2. The van der Waals surface area contributed by atoms with Crippen molar-refractivity contribution >= 4 is 63.2 Å². The van der Waals surface area contributed by atoms with E-state index in [1.807, 2.05) is 19.1 Å². The molecule has 2 N–H and O–H groups in total. The van der Waals surface area contributed by atoms with Gasteiger partial charge in [-0.15, -0.1) is 0 Å². The highest BCUT2D eigenvalue weighted by Gasteiger charge is 2.22. The topological polar surface area (TPSA) is 67.4 Å². The van der Waals surface area contributed by atoms with Crippen LogP contribution < -0.4 is 15.4 Å². The lowest BCUT2D eigenvalue weighted by molar-refractivity contribution is -0.115. The summed E-state index contributed by atoms with van der Waals surface area (Å²) in [5, 5.41) is 4.62. The molecule has 0 atom stereocenters. The molecule has 0 spiro atoms. The molecule has 1 fully saturated rings. The highest BCUT2D eigenvalue weighted by molar-refractivity contribution is 14.1. The summed E-state index contributed by atoms with van der Waals surface area (Å²) >= 11 is 4.37. The van der Waals surface area contributed by atoms with Crippen molar-refractivity contribution in [2.24, 2.45) is 0 Å². The van der Waals surface area contributed by atoms with Crippen LogP contribution in [0.1, 0.15) is 12.5 Å². The minimum atomic E-state index is -0.494. The van der Waals surface area contributed by atoms with E-state index in [4.69, 9.17) is 4.74 Å². The number of hydrogen-bond acceptors (Lipinski definition) is 3. The SMILES string of the molecule is CCOc1c(I)cc(/C=C2/NC(=O)NC2=O)cc1I. The van der Waals surface area contributed by atoms with Crippen LogP contribution >= 0.6 is 45.2 Å². The molecule has 0 aliphatic carbocycles. The number of hydrogen-bond donors (Lipinski definition) is 2. The molecule has 1 saturated heterocycles. The van der Waals surface area contributed by atoms with Crippen molar-refractivity contribution in [2.45, 2.75) is 6.92 Å². The van der Waals surface area contributed by atoms with Gasteiger partial charge in [-0.3, -0.25) is 10.1 Å². The zero-order chi connectivity index (χ0) is 14.0. The average molecular weight is 484 g/mol. The number of carbonyl (C=O) groups excluding carboxylic acids is 2. The lowest BCUT2D eigenvalue weighted by Crippen LogP contribution is -2.22. The summed E-state index contributed by atoms with van der Waals surface area (Å²) in [6.07, 6.45) is 1.64. The molecule has 100 valence electrons. The summed E-state index contributed by atoms with van der Waals surface area (Å²) in [7, 11) is 0. The third-order valence-corrected chi connectivity index (χ3v) is 3.94. The molecule has 5 nitrogen and oxygen atoms in total. The summed E-state index contributed by atoms with van der Waals surface area (Å²) in [5.41, 5.74) is 1.09. The molecule has 1 aromatic carbocycles. The molecule has 0 unspecified atom stereocenters. The van der Waals surface area contributed by atoms with Gasteiger partial charge in [0.25, 0.3) is 5.91 Å². The van der Waals surface area contributed by atoms with E-state index >= 15 is 0 Å². The summed E-state index contributed by atoms with van der Waals surface area (Å²) in [6, 6.07) is 3.31. The molecular weight excluding hydrogens is 474 g/mol. The van der Waals surface area contributed by atoms with Crippen LogP contribution in [0, 0.1) is 7.14 Å². The van der Waals surface area contributed by atoms with Crippen LogP contribution in [0.5, 0.6) is 5.75 Å². The lowest BCUT2D eigenvalue weighted by Gasteiger charge is -2.09. The number of rotatable bonds is 3. The van der Waals surface area contributed by atoms with Gasteiger partial charge in [0.05, 0.1) is 13.7 Å². The fraction of sp³-hybridized carbons (Fsp3) is 0.167. The van der Waals surface area contributed by atoms with Crippen LogP contribution in [0.4, 0.5) is 4.79 Å². The number of carbonyl (C=O) groups is 2. The highest BCUT2D eigenvalue weighted by atomic mass is 127. The maximum absolute atomic E-state index is 11.4. The Hall–Kier alpha value is -0.840. The summed E-state index contributed by atoms with van der Waals surface area (Å²) in [5.74, 6) is 0.426. The Kier molecular flexibility index (Phi) is 4.66. The quantitative estimate of drug-likeness (QED) is 0.394. The molecule has 19 heavy (non-hydrogen) atoms. The van der Waals surface area contributed by atoms with E-state index in [2.05, 4.69) is 55.8 Å². The van der Waals surface area contributed by atoms with Gasteiger partial charge in [-0.1, -0.05) is 0 Å². The molecule has 1 heterocycles. The normalized spacial score (nSPS) is 16.5. The van der Waals surface area contributed by atoms with Crippen LogP contribution in [0.25, 0.3) is 6.08 Å². The van der Waals surface area contributed by atoms with E-state index in [1.165, 1.54) is 0 Å². The first-order valence-electron chi connectivity index (χ1n) is 5.47. The van der Waals surface area contributed by atoms with E-state index in [0.29, 0.717) is 6.61 Å². The largest absolute Gasteiger partial charge is 0.492 e. The predicted octanol–water partition coefficient (Wildman–Crippen LogP) is 2.47. The fourth-order valence-corrected chi connectivity index (χ4v) is 3.72. The summed E-state index contributed by atoms with van der Waals surface area (Å²) < 4.78 is 7.47. The molecule has 0 radical (unpaired) electrons. The maximum atomic E-state index is 11.4. The van der Waals surface area contributed by atoms with Crippen molar-refractivity contribution in [3.05, 3.63) is 30.5 Å². The van der Waals surface area contributed by atoms with Crippen molar-refractivity contribution in [1.82, 2.24) is 10.6 Å². The Bertz CT molecular complexity index is 561. The molecule has 7 heteroatoms. The third kappa shape index (κ3) is 3.38. The zero-order valence-electron chi connectivity index (χ0n) is 9.92. The van der Waals surface area contributed by atoms with Crippen LogP contribution in [-0.4, -0.2) is 18.5 Å². The van der Waals surface area contributed by atoms with Crippen molar-refractivity contribution < 1.29 is 14.3 Å². The van der Waals surface area contributed by atoms with Crippen LogP contribution in [0.15, 0.2) is 17.8 Å². The minimum Gasteiger partial charge on any atom is -0.492 e. The van der Waals surface area contributed by atoms with Gasteiger partial charge in [-0.25, -0.2) is 4.79 Å². The van der Waals surface area contributed by atoms with Crippen LogP contribution in [0.3, 0.4) is 0 Å². The first-order chi connectivity index (χ1) is 9.01. The highest BCUT2D eigenvalue weighted by Crippen LogP contribution is 2.29. The number of urea groups is 1. The average Bonchev–Trinajstić information content (AvgIpc) is 2.62. The van der Waals surface area contributed by atoms with E-state index in [1.54, 1.807) is 6.08 Å². The van der Waals surface area contributed by atoms with Gasteiger partial charge < -0.3 is 10.1 Å². The van der Waals surface area contributed by atoms with Crippen molar-refractivity contribution in [3.8, 4) is 5.75 Å². The first-order valence-corrected chi connectivity index (χ1v) is 7.63. The number of benzene rings is 1. The standard InChI is InChI=1S/C12H10I2N2O3/c1-2-19-10-7(13)3-6(4-8(10)14)5-9-11(17)16-12(18)15-9/h3-5H,2H2,1H3,(H2,15,16,17,18)/b9-5+. The molecule has 1 aromatic rings. The smallest absolute Gasteiger partial charge is 0.326 e. The van der Waals surface area contributed by atoms with Crippen molar-refractivity contribution in [1.29, 1.82) is 0 Å². The molecule has 2 rings (SSSR count). The molecule has 0 saturated carbocycles. The van der Waals surface area contributed by atoms with Crippen molar-refractivity contribution in [3.63, 3.8) is 0 Å². The van der Waals surface area contributed by atoms with Gasteiger partial charge in [0, 0.05) is 0 Å². The van der Waals surface area contributed by atoms with Gasteiger partial charge in [0.2, 0.25) is 0 Å². The van der Waals surface area contributed by atoms with Gasteiger partial charge >= 0.3 is 6.03 Å². The number of amides is 3. The Morgan fingerprint density at radius 1 is 1.21 bits per heavy atom. The number of nitrogens with one attached hydrogen (secondary N) is 2. The molecule has 3 amide bonds. The van der Waals surface area contributed by atoms with E-state index in [9.17, 15) is 9.59 Å². The first kappa shape index (κ1) is 14.6. The van der Waals surface area contributed by atoms with Gasteiger partial charge in [-0.05, 0) is 75.9 Å². The Morgan fingerprint density at radius 2 is 1.84 bits per heavy atom. The number of imide groups is 1.